The van der Waals surface area contributed by atoms with Gasteiger partial charge in [-0.3, -0.25) is 4.90 Å². The van der Waals surface area contributed by atoms with Gasteiger partial charge in [0.15, 0.2) is 0 Å². The first-order valence-electron chi connectivity index (χ1n) is 3.72. The van der Waals surface area contributed by atoms with Gasteiger partial charge < -0.3 is 4.52 Å². The van der Waals surface area contributed by atoms with Crippen molar-refractivity contribution in [2.75, 3.05) is 20.2 Å². The minimum absolute atomic E-state index is 0.222. The van der Waals surface area contributed by atoms with E-state index in [-0.39, 0.29) is 11.6 Å². The number of likely N-dealkylation sites (N-methyl/N-ethyl adjacent to an activating group) is 1. The zero-order valence-corrected chi connectivity index (χ0v) is 8.04. The molecule has 2 nitrogen and oxygen atoms in total. The summed E-state index contributed by atoms with van der Waals surface area (Å²) in [5, 5.41) is 0. The first kappa shape index (κ1) is 10.0. The lowest BCUT2D eigenvalue weighted by Crippen LogP contribution is -2.29. The number of rotatable bonds is 2. The SMILES string of the molecule is CN1CCC(=C(F)F)C1COP. The maximum absolute atomic E-state index is 12.3. The van der Waals surface area contributed by atoms with E-state index in [2.05, 4.69) is 9.47 Å². The predicted octanol–water partition coefficient (Wildman–Crippen LogP) is 1.65. The molecule has 1 aliphatic rings. The van der Waals surface area contributed by atoms with Crippen LogP contribution in [0.15, 0.2) is 11.7 Å². The van der Waals surface area contributed by atoms with Gasteiger partial charge in [-0.25, -0.2) is 0 Å². The van der Waals surface area contributed by atoms with Crippen LogP contribution in [-0.4, -0.2) is 31.1 Å². The highest BCUT2D eigenvalue weighted by molar-refractivity contribution is 7.09. The van der Waals surface area contributed by atoms with E-state index in [1.165, 1.54) is 0 Å². The molecular formula is C7H12F2NOP. The largest absolute Gasteiger partial charge is 0.364 e. The predicted molar refractivity (Wildman–Crippen MR) is 45.9 cm³/mol. The Hall–Kier alpha value is -0.0500. The van der Waals surface area contributed by atoms with Crippen LogP contribution in [0.3, 0.4) is 0 Å². The molecule has 1 fully saturated rings. The minimum atomic E-state index is -1.55. The van der Waals surface area contributed by atoms with Gasteiger partial charge in [0.1, 0.15) is 0 Å². The van der Waals surface area contributed by atoms with Gasteiger partial charge in [0.25, 0.3) is 6.08 Å². The van der Waals surface area contributed by atoms with Crippen molar-refractivity contribution in [1.82, 2.24) is 4.90 Å². The van der Waals surface area contributed by atoms with E-state index < -0.39 is 6.08 Å². The Labute approximate surface area is 72.9 Å². The lowest BCUT2D eigenvalue weighted by atomic mass is 10.1. The smallest absolute Gasteiger partial charge is 0.271 e. The third-order valence-electron chi connectivity index (χ3n) is 2.16. The summed E-state index contributed by atoms with van der Waals surface area (Å²) in [5.41, 5.74) is 0.222. The van der Waals surface area contributed by atoms with Crippen LogP contribution in [0.5, 0.6) is 0 Å². The molecule has 0 bridgehead atoms. The summed E-state index contributed by atoms with van der Waals surface area (Å²) < 4.78 is 29.3. The van der Waals surface area contributed by atoms with Crippen LogP contribution in [0.2, 0.25) is 0 Å². The molecule has 1 aliphatic heterocycles. The molecule has 70 valence electrons. The minimum Gasteiger partial charge on any atom is -0.364 e. The van der Waals surface area contributed by atoms with Crippen molar-refractivity contribution in [2.24, 2.45) is 0 Å². The summed E-state index contributed by atoms with van der Waals surface area (Å²) in [7, 11) is 3.90. The first-order valence-corrected chi connectivity index (χ1v) is 4.20. The van der Waals surface area contributed by atoms with Crippen LogP contribution in [0.4, 0.5) is 8.78 Å². The Bertz CT molecular complexity index is 194. The van der Waals surface area contributed by atoms with Crippen molar-refractivity contribution in [1.29, 1.82) is 0 Å². The molecule has 5 heteroatoms. The molecule has 0 spiro atoms. The standard InChI is InChI=1S/C7H12F2NOP/c1-10-3-2-5(7(8)9)6(10)4-11-12/h6H,2-4,12H2,1H3. The van der Waals surface area contributed by atoms with E-state index in [0.29, 0.717) is 19.6 Å². The lowest BCUT2D eigenvalue weighted by Gasteiger charge is -2.18. The highest BCUT2D eigenvalue weighted by Gasteiger charge is 2.29. The van der Waals surface area contributed by atoms with Crippen LogP contribution < -0.4 is 0 Å². The average molecular weight is 195 g/mol. The fraction of sp³-hybridized carbons (Fsp3) is 0.714. The number of halogens is 2. The highest BCUT2D eigenvalue weighted by atomic mass is 31.0. The molecule has 0 aromatic carbocycles. The molecule has 0 N–H and O–H groups in total. The second-order valence-electron chi connectivity index (χ2n) is 2.87. The van der Waals surface area contributed by atoms with Crippen molar-refractivity contribution in [2.45, 2.75) is 12.5 Å². The molecule has 0 aromatic heterocycles. The zero-order chi connectivity index (χ0) is 9.14. The lowest BCUT2D eigenvalue weighted by molar-refractivity contribution is 0.231. The number of hydrogen-bond donors (Lipinski definition) is 0. The van der Waals surface area contributed by atoms with E-state index in [1.807, 2.05) is 11.9 Å². The van der Waals surface area contributed by atoms with E-state index >= 15 is 0 Å². The molecular weight excluding hydrogens is 183 g/mol. The van der Waals surface area contributed by atoms with E-state index in [1.54, 1.807) is 0 Å². The van der Waals surface area contributed by atoms with Crippen molar-refractivity contribution >= 4 is 9.47 Å². The van der Waals surface area contributed by atoms with E-state index in [4.69, 9.17) is 4.52 Å². The molecule has 0 amide bonds. The average Bonchev–Trinajstić information content (AvgIpc) is 2.34. The Balaban J connectivity index is 2.71. The summed E-state index contributed by atoms with van der Waals surface area (Å²) in [6.07, 6.45) is -1.09. The molecule has 0 aromatic rings. The van der Waals surface area contributed by atoms with Crippen molar-refractivity contribution in [3.8, 4) is 0 Å². The molecule has 1 saturated heterocycles. The van der Waals surface area contributed by atoms with E-state index in [0.717, 1.165) is 0 Å². The van der Waals surface area contributed by atoms with E-state index in [9.17, 15) is 8.78 Å². The monoisotopic (exact) mass is 195 g/mol. The number of hydrogen-bond acceptors (Lipinski definition) is 2. The van der Waals surface area contributed by atoms with Crippen molar-refractivity contribution in [3.63, 3.8) is 0 Å². The van der Waals surface area contributed by atoms with Crippen LogP contribution >= 0.6 is 9.47 Å². The molecule has 0 saturated carbocycles. The van der Waals surface area contributed by atoms with Gasteiger partial charge in [-0.15, -0.1) is 0 Å². The maximum Gasteiger partial charge on any atom is 0.271 e. The van der Waals surface area contributed by atoms with Gasteiger partial charge in [0.2, 0.25) is 0 Å². The summed E-state index contributed by atoms with van der Waals surface area (Å²) in [5.74, 6) is 0. The molecule has 0 radical (unpaired) electrons. The highest BCUT2D eigenvalue weighted by Crippen LogP contribution is 2.26. The Morgan fingerprint density at radius 2 is 2.42 bits per heavy atom. The second kappa shape index (κ2) is 4.26. The summed E-state index contributed by atoms with van der Waals surface area (Å²) >= 11 is 0. The zero-order valence-electron chi connectivity index (χ0n) is 6.89. The number of likely N-dealkylation sites (tertiary alicyclic amines) is 1. The summed E-state index contributed by atoms with van der Waals surface area (Å²) in [6, 6.07) is -0.243. The van der Waals surface area contributed by atoms with Gasteiger partial charge in [0, 0.05) is 21.6 Å². The van der Waals surface area contributed by atoms with Crippen LogP contribution in [0, 0.1) is 0 Å². The third-order valence-corrected chi connectivity index (χ3v) is 2.36. The third kappa shape index (κ3) is 2.00. The van der Waals surface area contributed by atoms with Crippen molar-refractivity contribution < 1.29 is 13.3 Å². The van der Waals surface area contributed by atoms with Crippen LogP contribution in [0.25, 0.3) is 0 Å². The summed E-state index contributed by atoms with van der Waals surface area (Å²) in [4.78, 5) is 1.87. The molecule has 0 aliphatic carbocycles. The van der Waals surface area contributed by atoms with Crippen molar-refractivity contribution in [3.05, 3.63) is 11.7 Å². The Kier molecular flexibility index (Phi) is 3.56. The van der Waals surface area contributed by atoms with Gasteiger partial charge in [0.05, 0.1) is 12.6 Å². The fourth-order valence-corrected chi connectivity index (χ4v) is 1.61. The molecule has 12 heavy (non-hydrogen) atoms. The van der Waals surface area contributed by atoms with Gasteiger partial charge in [-0.1, -0.05) is 0 Å². The maximum atomic E-state index is 12.3. The second-order valence-corrected chi connectivity index (χ2v) is 3.20. The van der Waals surface area contributed by atoms with Gasteiger partial charge in [-0.05, 0) is 13.5 Å². The molecule has 2 unspecified atom stereocenters. The Morgan fingerprint density at radius 1 is 1.75 bits per heavy atom. The topological polar surface area (TPSA) is 12.5 Å². The number of nitrogens with zero attached hydrogens (tertiary/aromatic N) is 1. The summed E-state index contributed by atoms with van der Waals surface area (Å²) in [6.45, 7) is 0.999. The van der Waals surface area contributed by atoms with Crippen LogP contribution in [0.1, 0.15) is 6.42 Å². The quantitative estimate of drug-likeness (QED) is 0.621. The molecule has 2 atom stereocenters. The van der Waals surface area contributed by atoms with Gasteiger partial charge >= 0.3 is 0 Å². The first-order chi connectivity index (χ1) is 5.66. The molecule has 1 rings (SSSR count). The fourth-order valence-electron chi connectivity index (χ4n) is 1.42. The van der Waals surface area contributed by atoms with Crippen LogP contribution in [-0.2, 0) is 4.52 Å². The Morgan fingerprint density at radius 3 is 2.92 bits per heavy atom. The van der Waals surface area contributed by atoms with Gasteiger partial charge in [-0.2, -0.15) is 8.78 Å². The normalized spacial score (nSPS) is 25.0. The molecule has 1 heterocycles.